The highest BCUT2D eigenvalue weighted by Crippen LogP contribution is 2.35. The lowest BCUT2D eigenvalue weighted by Gasteiger charge is -2.19. The van der Waals surface area contributed by atoms with Crippen molar-refractivity contribution in [3.63, 3.8) is 0 Å². The maximum Gasteiger partial charge on any atom is 0.310 e. The van der Waals surface area contributed by atoms with Crippen LogP contribution in [0.1, 0.15) is 18.4 Å². The van der Waals surface area contributed by atoms with Crippen LogP contribution in [0.2, 0.25) is 5.02 Å². The van der Waals surface area contributed by atoms with Crippen molar-refractivity contribution in [3.05, 3.63) is 34.6 Å². The molecule has 0 aliphatic carbocycles. The van der Waals surface area contributed by atoms with Crippen LogP contribution in [0.4, 0.5) is 4.39 Å². The number of benzene rings is 1. The highest BCUT2D eigenvalue weighted by molar-refractivity contribution is 6.31. The van der Waals surface area contributed by atoms with Crippen molar-refractivity contribution in [1.29, 1.82) is 0 Å². The molecule has 0 unspecified atom stereocenters. The first kappa shape index (κ1) is 13.3. The summed E-state index contributed by atoms with van der Waals surface area (Å²) in [6, 6.07) is 4.56. The second kappa shape index (κ2) is 5.67. The van der Waals surface area contributed by atoms with Crippen molar-refractivity contribution in [2.75, 3.05) is 19.7 Å². The van der Waals surface area contributed by atoms with Gasteiger partial charge in [-0.15, -0.1) is 0 Å². The van der Waals surface area contributed by atoms with E-state index in [2.05, 4.69) is 5.32 Å². The Bertz CT molecular complexity index is 432. The fraction of sp³-hybridized carbons (Fsp3) is 0.462. The number of halogens is 2. The molecule has 1 N–H and O–H groups in total. The summed E-state index contributed by atoms with van der Waals surface area (Å²) in [5.74, 6) is -1.31. The van der Waals surface area contributed by atoms with E-state index in [9.17, 15) is 9.18 Å². The van der Waals surface area contributed by atoms with Gasteiger partial charge < -0.3 is 10.1 Å². The molecule has 1 aliphatic rings. The number of rotatable bonds is 3. The molecule has 0 saturated carbocycles. The smallest absolute Gasteiger partial charge is 0.310 e. The van der Waals surface area contributed by atoms with Crippen LogP contribution in [-0.4, -0.2) is 25.7 Å². The number of nitrogens with one attached hydrogen (secondary N) is 1. The van der Waals surface area contributed by atoms with Gasteiger partial charge in [0.15, 0.2) is 0 Å². The number of ether oxygens (including phenoxy) is 1. The minimum absolute atomic E-state index is 0.266. The summed E-state index contributed by atoms with van der Waals surface area (Å²) in [4.78, 5) is 11.8. The number of hydrogen-bond acceptors (Lipinski definition) is 3. The highest BCUT2D eigenvalue weighted by atomic mass is 35.5. The molecule has 0 spiro atoms. The van der Waals surface area contributed by atoms with Crippen LogP contribution in [0.25, 0.3) is 0 Å². The average molecular weight is 272 g/mol. The van der Waals surface area contributed by atoms with Crippen LogP contribution < -0.4 is 5.32 Å². The van der Waals surface area contributed by atoms with E-state index in [1.807, 2.05) is 0 Å². The standard InChI is InChI=1S/C13H15ClFNO2/c1-2-18-13(17)9-7-16-6-8(9)12-10(14)4-3-5-11(12)15/h3-5,8-9,16H,2,6-7H2,1H3/t8-,9+/m1/s1. The minimum Gasteiger partial charge on any atom is -0.466 e. The molecule has 5 heteroatoms. The Morgan fingerprint density at radius 2 is 2.33 bits per heavy atom. The summed E-state index contributed by atoms with van der Waals surface area (Å²) >= 11 is 6.04. The second-order valence-electron chi connectivity index (χ2n) is 4.26. The van der Waals surface area contributed by atoms with Gasteiger partial charge in [-0.2, -0.15) is 0 Å². The number of carbonyl (C=O) groups excluding carboxylic acids is 1. The summed E-state index contributed by atoms with van der Waals surface area (Å²) in [6.07, 6.45) is 0. The Kier molecular flexibility index (Phi) is 4.19. The maximum absolute atomic E-state index is 13.9. The SMILES string of the molecule is CCOC(=O)[C@H]1CNC[C@H]1c1c(F)cccc1Cl. The molecule has 98 valence electrons. The van der Waals surface area contributed by atoms with Gasteiger partial charge in [-0.3, -0.25) is 4.79 Å². The van der Waals surface area contributed by atoms with Crippen molar-refractivity contribution < 1.29 is 13.9 Å². The lowest BCUT2D eigenvalue weighted by molar-refractivity contribution is -0.147. The van der Waals surface area contributed by atoms with Gasteiger partial charge in [0.1, 0.15) is 5.82 Å². The van der Waals surface area contributed by atoms with Crippen LogP contribution in [0.5, 0.6) is 0 Å². The Balaban J connectivity index is 2.29. The van der Waals surface area contributed by atoms with E-state index in [1.54, 1.807) is 19.1 Å². The molecule has 0 radical (unpaired) electrons. The molecule has 0 aromatic heterocycles. The Labute approximate surface area is 110 Å². The number of carbonyl (C=O) groups is 1. The third-order valence-electron chi connectivity index (χ3n) is 3.17. The lowest BCUT2D eigenvalue weighted by Crippen LogP contribution is -2.24. The molecule has 1 aromatic carbocycles. The molecule has 0 amide bonds. The van der Waals surface area contributed by atoms with Crippen LogP contribution in [0, 0.1) is 11.7 Å². The largest absolute Gasteiger partial charge is 0.466 e. The molecule has 1 aromatic rings. The molecular formula is C13H15ClFNO2. The van der Waals surface area contributed by atoms with Gasteiger partial charge >= 0.3 is 5.97 Å². The van der Waals surface area contributed by atoms with Gasteiger partial charge in [0.05, 0.1) is 12.5 Å². The van der Waals surface area contributed by atoms with Crippen molar-refractivity contribution >= 4 is 17.6 Å². The van der Waals surface area contributed by atoms with Crippen molar-refractivity contribution in [1.82, 2.24) is 5.32 Å². The van der Waals surface area contributed by atoms with E-state index in [0.29, 0.717) is 30.3 Å². The third-order valence-corrected chi connectivity index (χ3v) is 3.50. The van der Waals surface area contributed by atoms with E-state index in [0.717, 1.165) is 0 Å². The summed E-state index contributed by atoms with van der Waals surface area (Å²) in [5.41, 5.74) is 0.405. The average Bonchev–Trinajstić information content (AvgIpc) is 2.78. The minimum atomic E-state index is -0.376. The molecule has 1 fully saturated rings. The van der Waals surface area contributed by atoms with Crippen LogP contribution in [-0.2, 0) is 9.53 Å². The molecule has 1 saturated heterocycles. The fourth-order valence-electron chi connectivity index (χ4n) is 2.34. The summed E-state index contributed by atoms with van der Waals surface area (Å²) in [7, 11) is 0. The quantitative estimate of drug-likeness (QED) is 0.858. The van der Waals surface area contributed by atoms with Crippen LogP contribution >= 0.6 is 11.6 Å². The van der Waals surface area contributed by atoms with Crippen molar-refractivity contribution in [2.24, 2.45) is 5.92 Å². The molecule has 1 aliphatic heterocycles. The lowest BCUT2D eigenvalue weighted by atomic mass is 9.88. The highest BCUT2D eigenvalue weighted by Gasteiger charge is 2.37. The van der Waals surface area contributed by atoms with E-state index in [-0.39, 0.29) is 23.6 Å². The molecule has 0 bridgehead atoms. The van der Waals surface area contributed by atoms with E-state index >= 15 is 0 Å². The predicted molar refractivity (Wildman–Crippen MR) is 67.1 cm³/mol. The van der Waals surface area contributed by atoms with E-state index in [4.69, 9.17) is 16.3 Å². The predicted octanol–water partition coefficient (Wildman–Crippen LogP) is 2.35. The first-order valence-electron chi connectivity index (χ1n) is 5.96. The number of esters is 1. The summed E-state index contributed by atoms with van der Waals surface area (Å²) in [5, 5.41) is 3.45. The molecular weight excluding hydrogens is 257 g/mol. The Hall–Kier alpha value is -1.13. The van der Waals surface area contributed by atoms with Gasteiger partial charge in [-0.05, 0) is 19.1 Å². The van der Waals surface area contributed by atoms with E-state index < -0.39 is 0 Å². The fourth-order valence-corrected chi connectivity index (χ4v) is 2.65. The molecule has 18 heavy (non-hydrogen) atoms. The topological polar surface area (TPSA) is 38.3 Å². The zero-order valence-electron chi connectivity index (χ0n) is 10.1. The molecule has 3 nitrogen and oxygen atoms in total. The van der Waals surface area contributed by atoms with Crippen LogP contribution in [0.3, 0.4) is 0 Å². The zero-order chi connectivity index (χ0) is 13.1. The Morgan fingerprint density at radius 1 is 1.56 bits per heavy atom. The molecule has 2 atom stereocenters. The second-order valence-corrected chi connectivity index (χ2v) is 4.67. The molecule has 2 rings (SSSR count). The van der Waals surface area contributed by atoms with Crippen molar-refractivity contribution in [2.45, 2.75) is 12.8 Å². The zero-order valence-corrected chi connectivity index (χ0v) is 10.8. The van der Waals surface area contributed by atoms with Gasteiger partial charge in [-0.1, -0.05) is 17.7 Å². The van der Waals surface area contributed by atoms with Gasteiger partial charge in [0.2, 0.25) is 0 Å². The third kappa shape index (κ3) is 2.49. The van der Waals surface area contributed by atoms with E-state index in [1.165, 1.54) is 6.07 Å². The Morgan fingerprint density at radius 3 is 3.00 bits per heavy atom. The number of hydrogen-bond donors (Lipinski definition) is 1. The first-order chi connectivity index (χ1) is 8.65. The normalized spacial score (nSPS) is 23.1. The first-order valence-corrected chi connectivity index (χ1v) is 6.34. The van der Waals surface area contributed by atoms with Crippen molar-refractivity contribution in [3.8, 4) is 0 Å². The summed E-state index contributed by atoms with van der Waals surface area (Å²) in [6.45, 7) is 3.11. The molecule has 1 heterocycles. The van der Waals surface area contributed by atoms with Crippen LogP contribution in [0.15, 0.2) is 18.2 Å². The monoisotopic (exact) mass is 271 g/mol. The van der Waals surface area contributed by atoms with Gasteiger partial charge in [0, 0.05) is 29.6 Å². The van der Waals surface area contributed by atoms with Gasteiger partial charge in [-0.25, -0.2) is 4.39 Å². The summed E-state index contributed by atoms with van der Waals surface area (Å²) < 4.78 is 18.9. The van der Waals surface area contributed by atoms with Gasteiger partial charge in [0.25, 0.3) is 0 Å². The maximum atomic E-state index is 13.9.